The van der Waals surface area contributed by atoms with E-state index in [0.717, 1.165) is 5.56 Å². The summed E-state index contributed by atoms with van der Waals surface area (Å²) in [6.07, 6.45) is 6.39. The van der Waals surface area contributed by atoms with Crippen LogP contribution in [0.25, 0.3) is 11.1 Å². The second-order valence-electron chi connectivity index (χ2n) is 5.12. The van der Waals surface area contributed by atoms with Gasteiger partial charge in [0.05, 0.1) is 0 Å². The molecule has 0 spiro atoms. The van der Waals surface area contributed by atoms with Gasteiger partial charge < -0.3 is 5.11 Å². The molecule has 18 heavy (non-hydrogen) atoms. The van der Waals surface area contributed by atoms with Crippen LogP contribution in [0.3, 0.4) is 0 Å². The lowest BCUT2D eigenvalue weighted by atomic mass is 9.83. The van der Waals surface area contributed by atoms with E-state index in [1.165, 1.54) is 43.2 Å². The number of aromatic hydroxyl groups is 1. The second-order valence-corrected chi connectivity index (χ2v) is 5.90. The molecule has 0 radical (unpaired) electrons. The number of phenols is 1. The maximum atomic E-state index is 10.1. The Kier molecular flexibility index (Phi) is 3.37. The molecule has 2 heteroatoms. The Hall–Kier alpha value is -1.28. The number of rotatable bonds is 2. The van der Waals surface area contributed by atoms with Gasteiger partial charge in [-0.25, -0.2) is 0 Å². The lowest BCUT2D eigenvalue weighted by Gasteiger charge is -2.23. The summed E-state index contributed by atoms with van der Waals surface area (Å²) < 4.78 is 0. The van der Waals surface area contributed by atoms with Crippen LogP contribution < -0.4 is 0 Å². The first-order chi connectivity index (χ1) is 8.84. The molecule has 1 N–H and O–H groups in total. The molecule has 94 valence electrons. The van der Waals surface area contributed by atoms with Gasteiger partial charge in [-0.05, 0) is 64.4 Å². The standard InChI is InChI=1S/C16H18OS/c17-16-7-6-13(14-8-9-18-11-14)10-15(16)12-4-2-1-3-5-12/h6-12,17H,1-5H2. The molecule has 1 aromatic heterocycles. The number of hydrogen-bond donors (Lipinski definition) is 1. The Morgan fingerprint density at radius 2 is 1.83 bits per heavy atom. The van der Waals surface area contributed by atoms with E-state index in [1.807, 2.05) is 12.1 Å². The van der Waals surface area contributed by atoms with Crippen LogP contribution in [0.2, 0.25) is 0 Å². The summed E-state index contributed by atoms with van der Waals surface area (Å²) in [6.45, 7) is 0. The molecule has 1 nitrogen and oxygen atoms in total. The Bertz CT molecular complexity index is 510. The molecule has 0 aliphatic heterocycles. The second kappa shape index (κ2) is 5.15. The van der Waals surface area contributed by atoms with Crippen molar-refractivity contribution < 1.29 is 5.11 Å². The summed E-state index contributed by atoms with van der Waals surface area (Å²) in [6, 6.07) is 8.20. The number of benzene rings is 1. The predicted octanol–water partition coefficient (Wildman–Crippen LogP) is 5.17. The van der Waals surface area contributed by atoms with Crippen LogP contribution in [0.4, 0.5) is 0 Å². The number of hydrogen-bond acceptors (Lipinski definition) is 2. The van der Waals surface area contributed by atoms with Gasteiger partial charge >= 0.3 is 0 Å². The summed E-state index contributed by atoms with van der Waals surface area (Å²) in [4.78, 5) is 0. The molecule has 3 rings (SSSR count). The predicted molar refractivity (Wildman–Crippen MR) is 77.2 cm³/mol. The summed E-state index contributed by atoms with van der Waals surface area (Å²) >= 11 is 1.72. The lowest BCUT2D eigenvalue weighted by Crippen LogP contribution is -2.04. The van der Waals surface area contributed by atoms with Crippen LogP contribution >= 0.6 is 11.3 Å². The third kappa shape index (κ3) is 2.30. The van der Waals surface area contributed by atoms with Crippen LogP contribution in [0.15, 0.2) is 35.0 Å². The molecule has 1 aliphatic carbocycles. The van der Waals surface area contributed by atoms with E-state index in [2.05, 4.69) is 22.9 Å². The minimum atomic E-state index is 0.473. The third-order valence-electron chi connectivity index (χ3n) is 3.93. The zero-order valence-corrected chi connectivity index (χ0v) is 11.2. The summed E-state index contributed by atoms with van der Waals surface area (Å²) in [5, 5.41) is 14.4. The molecular weight excluding hydrogens is 240 g/mol. The largest absolute Gasteiger partial charge is 0.508 e. The summed E-state index contributed by atoms with van der Waals surface area (Å²) in [5.74, 6) is 1.03. The van der Waals surface area contributed by atoms with Crippen molar-refractivity contribution in [3.8, 4) is 16.9 Å². The highest BCUT2D eigenvalue weighted by Crippen LogP contribution is 2.39. The van der Waals surface area contributed by atoms with E-state index in [9.17, 15) is 5.11 Å². The highest BCUT2D eigenvalue weighted by Gasteiger charge is 2.19. The molecule has 2 aromatic rings. The normalized spacial score (nSPS) is 16.9. The van der Waals surface area contributed by atoms with Crippen LogP contribution in [0, 0.1) is 0 Å². The maximum absolute atomic E-state index is 10.1. The van der Waals surface area contributed by atoms with Crippen molar-refractivity contribution >= 4 is 11.3 Å². The smallest absolute Gasteiger partial charge is 0.119 e. The molecule has 1 heterocycles. The van der Waals surface area contributed by atoms with Gasteiger partial charge in [-0.3, -0.25) is 0 Å². The van der Waals surface area contributed by atoms with E-state index < -0.39 is 0 Å². The van der Waals surface area contributed by atoms with Crippen molar-refractivity contribution in [3.63, 3.8) is 0 Å². The van der Waals surface area contributed by atoms with E-state index >= 15 is 0 Å². The Morgan fingerprint density at radius 3 is 2.56 bits per heavy atom. The maximum Gasteiger partial charge on any atom is 0.119 e. The van der Waals surface area contributed by atoms with Gasteiger partial charge in [0.25, 0.3) is 0 Å². The minimum absolute atomic E-state index is 0.473. The Balaban J connectivity index is 1.95. The highest BCUT2D eigenvalue weighted by atomic mass is 32.1. The summed E-state index contributed by atoms with van der Waals surface area (Å²) in [5.41, 5.74) is 3.64. The van der Waals surface area contributed by atoms with Gasteiger partial charge in [-0.15, -0.1) is 0 Å². The van der Waals surface area contributed by atoms with E-state index in [-0.39, 0.29) is 0 Å². The molecule has 0 amide bonds. The van der Waals surface area contributed by atoms with Gasteiger partial charge in [0.1, 0.15) is 5.75 Å². The average molecular weight is 258 g/mol. The average Bonchev–Trinajstić information content (AvgIpc) is 2.94. The molecular formula is C16H18OS. The monoisotopic (exact) mass is 258 g/mol. The van der Waals surface area contributed by atoms with Gasteiger partial charge in [0.2, 0.25) is 0 Å². The zero-order chi connectivity index (χ0) is 12.4. The molecule has 1 saturated carbocycles. The summed E-state index contributed by atoms with van der Waals surface area (Å²) in [7, 11) is 0. The third-order valence-corrected chi connectivity index (χ3v) is 4.61. The minimum Gasteiger partial charge on any atom is -0.508 e. The molecule has 1 aliphatic rings. The van der Waals surface area contributed by atoms with E-state index in [4.69, 9.17) is 0 Å². The van der Waals surface area contributed by atoms with Crippen LogP contribution in [-0.4, -0.2) is 5.11 Å². The van der Waals surface area contributed by atoms with Crippen LogP contribution in [-0.2, 0) is 0 Å². The van der Waals surface area contributed by atoms with Crippen molar-refractivity contribution in [2.45, 2.75) is 38.0 Å². The molecule has 0 atom stereocenters. The SMILES string of the molecule is Oc1ccc(-c2ccsc2)cc1C1CCCCC1. The van der Waals surface area contributed by atoms with Gasteiger partial charge in [0, 0.05) is 0 Å². The van der Waals surface area contributed by atoms with Crippen LogP contribution in [0.1, 0.15) is 43.6 Å². The van der Waals surface area contributed by atoms with Gasteiger partial charge in [-0.1, -0.05) is 25.3 Å². The topological polar surface area (TPSA) is 20.2 Å². The first-order valence-electron chi connectivity index (χ1n) is 6.70. The fraction of sp³-hybridized carbons (Fsp3) is 0.375. The number of thiophene rings is 1. The van der Waals surface area contributed by atoms with Crippen molar-refractivity contribution in [3.05, 3.63) is 40.6 Å². The van der Waals surface area contributed by atoms with Crippen molar-refractivity contribution in [2.24, 2.45) is 0 Å². The Labute approximate surface area is 112 Å². The zero-order valence-electron chi connectivity index (χ0n) is 10.4. The van der Waals surface area contributed by atoms with Crippen molar-refractivity contribution in [1.29, 1.82) is 0 Å². The number of phenolic OH excluding ortho intramolecular Hbond substituents is 1. The fourth-order valence-electron chi connectivity index (χ4n) is 2.90. The molecule has 1 aromatic carbocycles. The first-order valence-corrected chi connectivity index (χ1v) is 7.64. The quantitative estimate of drug-likeness (QED) is 0.788. The van der Waals surface area contributed by atoms with E-state index in [0.29, 0.717) is 11.7 Å². The van der Waals surface area contributed by atoms with E-state index in [1.54, 1.807) is 11.3 Å². The highest BCUT2D eigenvalue weighted by molar-refractivity contribution is 7.08. The molecule has 1 fully saturated rings. The fourth-order valence-corrected chi connectivity index (χ4v) is 3.57. The van der Waals surface area contributed by atoms with Crippen molar-refractivity contribution in [2.75, 3.05) is 0 Å². The molecule has 0 unspecified atom stereocenters. The van der Waals surface area contributed by atoms with Crippen molar-refractivity contribution in [1.82, 2.24) is 0 Å². The molecule has 0 saturated heterocycles. The van der Waals surface area contributed by atoms with Crippen LogP contribution in [0.5, 0.6) is 5.75 Å². The molecule has 0 bridgehead atoms. The first kappa shape index (κ1) is 11.8. The van der Waals surface area contributed by atoms with Gasteiger partial charge in [-0.2, -0.15) is 11.3 Å². The lowest BCUT2D eigenvalue weighted by molar-refractivity contribution is 0.414. The van der Waals surface area contributed by atoms with Gasteiger partial charge in [0.15, 0.2) is 0 Å². The Morgan fingerprint density at radius 1 is 1.00 bits per heavy atom.